The van der Waals surface area contributed by atoms with E-state index in [4.69, 9.17) is 30.5 Å². The van der Waals surface area contributed by atoms with Gasteiger partial charge in [0.05, 0.1) is 32.9 Å². The van der Waals surface area contributed by atoms with Gasteiger partial charge in [-0.1, -0.05) is 23.7 Å². The highest BCUT2D eigenvalue weighted by molar-refractivity contribution is 6.30. The van der Waals surface area contributed by atoms with Crippen LogP contribution in [0.5, 0.6) is 17.2 Å². The van der Waals surface area contributed by atoms with Gasteiger partial charge >= 0.3 is 5.97 Å². The average molecular weight is 408 g/mol. The van der Waals surface area contributed by atoms with Crippen molar-refractivity contribution in [3.63, 3.8) is 0 Å². The summed E-state index contributed by atoms with van der Waals surface area (Å²) in [6.45, 7) is 1.38. The summed E-state index contributed by atoms with van der Waals surface area (Å²) in [4.78, 5) is 24.4. The second kappa shape index (κ2) is 9.85. The lowest BCUT2D eigenvalue weighted by Gasteiger charge is -2.15. The van der Waals surface area contributed by atoms with E-state index in [2.05, 4.69) is 5.32 Å². The summed E-state index contributed by atoms with van der Waals surface area (Å²) in [6, 6.07) is 9.77. The van der Waals surface area contributed by atoms with Crippen molar-refractivity contribution in [3.05, 3.63) is 52.5 Å². The standard InChI is InChI=1S/C20H22ClNO6/c1-12(13-6-5-7-15(21)8-13)22-18(23)11-28-20(24)14-9-16(25-2)19(27-4)17(10-14)26-3/h5-10,12H,11H2,1-4H3,(H,22,23)/t12-/m1/s1. The van der Waals surface area contributed by atoms with Crippen LogP contribution in [0.25, 0.3) is 0 Å². The first-order valence-corrected chi connectivity index (χ1v) is 8.79. The summed E-state index contributed by atoms with van der Waals surface area (Å²) in [6.07, 6.45) is 0. The van der Waals surface area contributed by atoms with Crippen molar-refractivity contribution in [1.29, 1.82) is 0 Å². The highest BCUT2D eigenvalue weighted by Crippen LogP contribution is 2.38. The summed E-state index contributed by atoms with van der Waals surface area (Å²) in [7, 11) is 4.35. The molecule has 7 nitrogen and oxygen atoms in total. The van der Waals surface area contributed by atoms with Crippen molar-refractivity contribution in [3.8, 4) is 17.2 Å². The molecule has 28 heavy (non-hydrogen) atoms. The Morgan fingerprint density at radius 1 is 1.04 bits per heavy atom. The Balaban J connectivity index is 2.00. The van der Waals surface area contributed by atoms with Crippen LogP contribution < -0.4 is 19.5 Å². The molecule has 0 fully saturated rings. The number of rotatable bonds is 8. The fourth-order valence-corrected chi connectivity index (χ4v) is 2.75. The Morgan fingerprint density at radius 3 is 2.21 bits per heavy atom. The minimum Gasteiger partial charge on any atom is -0.493 e. The van der Waals surface area contributed by atoms with Crippen LogP contribution in [0.2, 0.25) is 5.02 Å². The summed E-state index contributed by atoms with van der Waals surface area (Å²) in [5.41, 5.74) is 1.02. The molecule has 0 spiro atoms. The molecular weight excluding hydrogens is 386 g/mol. The first-order valence-electron chi connectivity index (χ1n) is 8.41. The summed E-state index contributed by atoms with van der Waals surface area (Å²) in [5.74, 6) is -0.145. The zero-order valence-corrected chi connectivity index (χ0v) is 16.8. The minimum atomic E-state index is -0.690. The van der Waals surface area contributed by atoms with Crippen LogP contribution in [0.1, 0.15) is 28.9 Å². The van der Waals surface area contributed by atoms with Gasteiger partial charge in [-0.05, 0) is 36.8 Å². The topological polar surface area (TPSA) is 83.1 Å². The largest absolute Gasteiger partial charge is 0.493 e. The fraction of sp³-hybridized carbons (Fsp3) is 0.300. The van der Waals surface area contributed by atoms with Gasteiger partial charge in [-0.25, -0.2) is 4.79 Å². The van der Waals surface area contributed by atoms with Crippen LogP contribution in [0.3, 0.4) is 0 Å². The maximum absolute atomic E-state index is 12.3. The number of halogens is 1. The molecule has 0 saturated heterocycles. The molecule has 0 unspecified atom stereocenters. The van der Waals surface area contributed by atoms with Gasteiger partial charge in [0.25, 0.3) is 5.91 Å². The van der Waals surface area contributed by atoms with E-state index in [0.29, 0.717) is 22.3 Å². The van der Waals surface area contributed by atoms with Crippen LogP contribution in [-0.2, 0) is 9.53 Å². The molecule has 1 amide bonds. The lowest BCUT2D eigenvalue weighted by Crippen LogP contribution is -2.31. The van der Waals surface area contributed by atoms with Crippen LogP contribution in [0, 0.1) is 0 Å². The van der Waals surface area contributed by atoms with E-state index < -0.39 is 18.5 Å². The Morgan fingerprint density at radius 2 is 1.68 bits per heavy atom. The third kappa shape index (κ3) is 5.29. The molecule has 2 aromatic carbocycles. The minimum absolute atomic E-state index is 0.171. The summed E-state index contributed by atoms with van der Waals surface area (Å²) >= 11 is 5.96. The molecule has 0 bridgehead atoms. The second-order valence-electron chi connectivity index (χ2n) is 5.83. The van der Waals surface area contributed by atoms with Gasteiger partial charge in [0, 0.05) is 5.02 Å². The number of carbonyl (C=O) groups is 2. The van der Waals surface area contributed by atoms with Crippen molar-refractivity contribution < 1.29 is 28.5 Å². The number of nitrogens with one attached hydrogen (secondary N) is 1. The molecule has 0 aliphatic carbocycles. The second-order valence-corrected chi connectivity index (χ2v) is 6.27. The molecular formula is C20H22ClNO6. The van der Waals surface area contributed by atoms with E-state index in [0.717, 1.165) is 5.56 Å². The maximum Gasteiger partial charge on any atom is 0.338 e. The predicted octanol–water partition coefficient (Wildman–Crippen LogP) is 3.40. The lowest BCUT2D eigenvalue weighted by molar-refractivity contribution is -0.124. The third-order valence-electron chi connectivity index (χ3n) is 3.96. The Hall–Kier alpha value is -2.93. The van der Waals surface area contributed by atoms with Crippen molar-refractivity contribution in [2.75, 3.05) is 27.9 Å². The molecule has 0 radical (unpaired) electrons. The van der Waals surface area contributed by atoms with Crippen molar-refractivity contribution >= 4 is 23.5 Å². The van der Waals surface area contributed by atoms with Gasteiger partial charge in [0.2, 0.25) is 5.75 Å². The molecule has 0 saturated carbocycles. The summed E-state index contributed by atoms with van der Waals surface area (Å²) in [5, 5.41) is 3.33. The molecule has 150 valence electrons. The van der Waals surface area contributed by atoms with Gasteiger partial charge in [0.15, 0.2) is 18.1 Å². The fourth-order valence-electron chi connectivity index (χ4n) is 2.56. The first-order chi connectivity index (χ1) is 13.4. The number of ether oxygens (including phenoxy) is 4. The van der Waals surface area contributed by atoms with Gasteiger partial charge in [-0.3, -0.25) is 4.79 Å². The van der Waals surface area contributed by atoms with Crippen LogP contribution in [-0.4, -0.2) is 39.8 Å². The van der Waals surface area contributed by atoms with Gasteiger partial charge < -0.3 is 24.3 Å². The van der Waals surface area contributed by atoms with Crippen LogP contribution in [0.15, 0.2) is 36.4 Å². The number of amides is 1. The maximum atomic E-state index is 12.3. The Bertz CT molecular complexity index is 829. The molecule has 8 heteroatoms. The Kier molecular flexibility index (Phi) is 7.52. The number of hydrogen-bond acceptors (Lipinski definition) is 6. The zero-order chi connectivity index (χ0) is 20.7. The van der Waals surface area contributed by atoms with Crippen molar-refractivity contribution in [2.45, 2.75) is 13.0 Å². The zero-order valence-electron chi connectivity index (χ0n) is 16.1. The molecule has 1 atom stereocenters. The molecule has 0 aliphatic heterocycles. The first kappa shape index (κ1) is 21.4. The van der Waals surface area contributed by atoms with Crippen molar-refractivity contribution in [2.24, 2.45) is 0 Å². The SMILES string of the molecule is COc1cc(C(=O)OCC(=O)N[C@H](C)c2cccc(Cl)c2)cc(OC)c1OC. The molecule has 0 heterocycles. The Labute approximate surface area is 168 Å². The van der Waals surface area contributed by atoms with Gasteiger partial charge in [0.1, 0.15) is 0 Å². The normalized spacial score (nSPS) is 11.3. The van der Waals surface area contributed by atoms with Crippen molar-refractivity contribution in [1.82, 2.24) is 5.32 Å². The van der Waals surface area contributed by atoms with E-state index >= 15 is 0 Å². The number of esters is 1. The average Bonchev–Trinajstić information content (AvgIpc) is 2.70. The number of carbonyl (C=O) groups excluding carboxylic acids is 2. The highest BCUT2D eigenvalue weighted by atomic mass is 35.5. The van der Waals surface area contributed by atoms with E-state index in [-0.39, 0.29) is 11.6 Å². The number of hydrogen-bond donors (Lipinski definition) is 1. The van der Waals surface area contributed by atoms with Crippen LogP contribution >= 0.6 is 11.6 Å². The quantitative estimate of drug-likeness (QED) is 0.675. The van der Waals surface area contributed by atoms with Crippen LogP contribution in [0.4, 0.5) is 0 Å². The van der Waals surface area contributed by atoms with E-state index in [1.54, 1.807) is 18.2 Å². The molecule has 1 N–H and O–H groups in total. The molecule has 0 aliphatic rings. The smallest absolute Gasteiger partial charge is 0.338 e. The predicted molar refractivity (Wildman–Crippen MR) is 104 cm³/mol. The molecule has 2 rings (SSSR count). The molecule has 0 aromatic heterocycles. The van der Waals surface area contributed by atoms with Gasteiger partial charge in [-0.15, -0.1) is 0 Å². The molecule has 2 aromatic rings. The van der Waals surface area contributed by atoms with E-state index in [1.807, 2.05) is 13.0 Å². The monoisotopic (exact) mass is 407 g/mol. The van der Waals surface area contributed by atoms with Gasteiger partial charge in [-0.2, -0.15) is 0 Å². The highest BCUT2D eigenvalue weighted by Gasteiger charge is 2.19. The number of methoxy groups -OCH3 is 3. The summed E-state index contributed by atoms with van der Waals surface area (Å²) < 4.78 is 20.7. The van der Waals surface area contributed by atoms with E-state index in [1.165, 1.54) is 33.5 Å². The number of benzene rings is 2. The third-order valence-corrected chi connectivity index (χ3v) is 4.20. The lowest BCUT2D eigenvalue weighted by atomic mass is 10.1. The van der Waals surface area contributed by atoms with E-state index in [9.17, 15) is 9.59 Å².